The van der Waals surface area contributed by atoms with Crippen LogP contribution >= 0.6 is 0 Å². The lowest BCUT2D eigenvalue weighted by Crippen LogP contribution is -2.49. The van der Waals surface area contributed by atoms with Crippen LogP contribution in [-0.4, -0.2) is 23.3 Å². The molecule has 86 valence electrons. The average molecular weight is 230 g/mol. The Labute approximate surface area is 89.4 Å². The number of rotatable bonds is 1. The fraction of sp³-hybridized carbons (Fsp3) is 0.300. The Kier molecular flexibility index (Phi) is 2.22. The van der Waals surface area contributed by atoms with Crippen molar-refractivity contribution in [3.05, 3.63) is 23.8 Å². The molecule has 4 nitrogen and oxygen atoms in total. The van der Waals surface area contributed by atoms with Crippen molar-refractivity contribution in [2.45, 2.75) is 12.5 Å². The average Bonchev–Trinajstić information content (AvgIpc) is 2.20. The van der Waals surface area contributed by atoms with Crippen LogP contribution in [0.25, 0.3) is 0 Å². The van der Waals surface area contributed by atoms with E-state index >= 15 is 0 Å². The Hall–Kier alpha value is -1.85. The number of fused-ring (bicyclic) bond motifs is 1. The second-order valence-corrected chi connectivity index (χ2v) is 3.64. The molecule has 0 aliphatic carbocycles. The molecule has 6 heteroatoms. The van der Waals surface area contributed by atoms with Gasteiger partial charge in [0.25, 0.3) is 0 Å². The topological polar surface area (TPSA) is 55.8 Å². The van der Waals surface area contributed by atoms with Gasteiger partial charge in [-0.05, 0) is 6.92 Å². The Morgan fingerprint density at radius 2 is 1.94 bits per heavy atom. The summed E-state index contributed by atoms with van der Waals surface area (Å²) >= 11 is 0. The van der Waals surface area contributed by atoms with E-state index < -0.39 is 23.2 Å². The first-order valence-electron chi connectivity index (χ1n) is 4.46. The van der Waals surface area contributed by atoms with Crippen molar-refractivity contribution in [3.8, 4) is 11.5 Å². The van der Waals surface area contributed by atoms with Gasteiger partial charge in [0.15, 0.2) is 23.1 Å². The summed E-state index contributed by atoms with van der Waals surface area (Å²) in [6, 6.07) is 1.59. The maximum absolute atomic E-state index is 12.9. The normalized spacial score (nSPS) is 22.9. The third kappa shape index (κ3) is 1.56. The van der Waals surface area contributed by atoms with Crippen LogP contribution in [0.5, 0.6) is 11.5 Å². The Morgan fingerprint density at radius 1 is 1.38 bits per heavy atom. The molecular weight excluding hydrogens is 222 g/mol. The van der Waals surface area contributed by atoms with Crippen LogP contribution < -0.4 is 9.47 Å². The molecule has 0 fully saturated rings. The van der Waals surface area contributed by atoms with Gasteiger partial charge in [-0.15, -0.1) is 0 Å². The molecule has 0 saturated heterocycles. The lowest BCUT2D eigenvalue weighted by molar-refractivity contribution is -0.158. The molecule has 0 aromatic heterocycles. The van der Waals surface area contributed by atoms with Crippen LogP contribution in [-0.2, 0) is 4.79 Å². The molecule has 1 heterocycles. The van der Waals surface area contributed by atoms with Crippen molar-refractivity contribution in [2.75, 3.05) is 6.61 Å². The summed E-state index contributed by atoms with van der Waals surface area (Å²) < 4.78 is 35.8. The smallest absolute Gasteiger partial charge is 0.351 e. The number of carboxylic acids is 1. The molecule has 0 bridgehead atoms. The lowest BCUT2D eigenvalue weighted by atomic mass is 10.1. The zero-order valence-electron chi connectivity index (χ0n) is 8.29. The van der Waals surface area contributed by atoms with Crippen LogP contribution in [0, 0.1) is 11.6 Å². The highest BCUT2D eigenvalue weighted by Crippen LogP contribution is 2.36. The lowest BCUT2D eigenvalue weighted by Gasteiger charge is -2.31. The van der Waals surface area contributed by atoms with Gasteiger partial charge in [-0.1, -0.05) is 0 Å². The number of aliphatic carboxylic acids is 1. The molecule has 1 aromatic carbocycles. The highest BCUT2D eigenvalue weighted by Gasteiger charge is 2.41. The first-order chi connectivity index (χ1) is 7.42. The fourth-order valence-corrected chi connectivity index (χ4v) is 1.30. The maximum Gasteiger partial charge on any atom is 0.351 e. The quantitative estimate of drug-likeness (QED) is 0.795. The van der Waals surface area contributed by atoms with Crippen LogP contribution in [0.3, 0.4) is 0 Å². The molecule has 1 N–H and O–H groups in total. The molecule has 1 aromatic rings. The number of halogens is 2. The van der Waals surface area contributed by atoms with Crippen molar-refractivity contribution >= 4 is 5.97 Å². The van der Waals surface area contributed by atoms with E-state index in [2.05, 4.69) is 0 Å². The van der Waals surface area contributed by atoms with E-state index in [0.29, 0.717) is 0 Å². The van der Waals surface area contributed by atoms with E-state index in [9.17, 15) is 13.6 Å². The van der Waals surface area contributed by atoms with Gasteiger partial charge in [-0.3, -0.25) is 0 Å². The third-order valence-electron chi connectivity index (χ3n) is 2.28. The molecule has 16 heavy (non-hydrogen) atoms. The first kappa shape index (κ1) is 10.7. The van der Waals surface area contributed by atoms with Crippen LogP contribution in [0.1, 0.15) is 6.92 Å². The molecule has 0 saturated carbocycles. The molecule has 0 radical (unpaired) electrons. The van der Waals surface area contributed by atoms with Gasteiger partial charge in [0.2, 0.25) is 5.60 Å². The van der Waals surface area contributed by atoms with E-state index in [1.165, 1.54) is 6.92 Å². The largest absolute Gasteiger partial charge is 0.485 e. The van der Waals surface area contributed by atoms with Crippen molar-refractivity contribution in [3.63, 3.8) is 0 Å². The van der Waals surface area contributed by atoms with Gasteiger partial charge in [-0.2, -0.15) is 0 Å². The summed E-state index contributed by atoms with van der Waals surface area (Å²) in [6.45, 7) is 1.03. The van der Waals surface area contributed by atoms with Crippen LogP contribution in [0.15, 0.2) is 12.1 Å². The number of ether oxygens (including phenoxy) is 2. The number of carbonyl (C=O) groups is 1. The summed E-state index contributed by atoms with van der Waals surface area (Å²) in [4.78, 5) is 10.9. The Morgan fingerprint density at radius 3 is 2.50 bits per heavy atom. The number of carboxylic acid groups (broad SMARTS) is 1. The molecule has 1 aliphatic heterocycles. The molecular formula is C10H8F2O4. The highest BCUT2D eigenvalue weighted by atomic mass is 19.2. The second kappa shape index (κ2) is 3.33. The zero-order valence-corrected chi connectivity index (χ0v) is 8.29. The highest BCUT2D eigenvalue weighted by molar-refractivity contribution is 5.78. The summed E-state index contributed by atoms with van der Waals surface area (Å²) in [5.74, 6) is -3.53. The van der Waals surface area contributed by atoms with Gasteiger partial charge >= 0.3 is 5.97 Å². The zero-order chi connectivity index (χ0) is 11.9. The first-order valence-corrected chi connectivity index (χ1v) is 4.46. The van der Waals surface area contributed by atoms with Gasteiger partial charge in [0.1, 0.15) is 6.61 Å². The Bertz CT molecular complexity index is 460. The van der Waals surface area contributed by atoms with Gasteiger partial charge < -0.3 is 14.6 Å². The van der Waals surface area contributed by atoms with Gasteiger partial charge in [-0.25, -0.2) is 13.6 Å². The van der Waals surface area contributed by atoms with Crippen molar-refractivity contribution in [1.29, 1.82) is 0 Å². The third-order valence-corrected chi connectivity index (χ3v) is 2.28. The molecule has 0 spiro atoms. The summed E-state index contributed by atoms with van der Waals surface area (Å²) in [7, 11) is 0. The second-order valence-electron chi connectivity index (χ2n) is 3.64. The molecule has 1 atom stereocenters. The minimum absolute atomic E-state index is 0.00220. The minimum Gasteiger partial charge on any atom is -0.485 e. The van der Waals surface area contributed by atoms with E-state index in [0.717, 1.165) is 12.1 Å². The van der Waals surface area contributed by atoms with E-state index in [1.54, 1.807) is 0 Å². The SMILES string of the molecule is C[C@@]1(C(=O)O)COc2cc(F)c(F)cc2O1. The van der Waals surface area contributed by atoms with Crippen molar-refractivity contribution in [2.24, 2.45) is 0 Å². The van der Waals surface area contributed by atoms with E-state index in [4.69, 9.17) is 14.6 Å². The number of hydrogen-bond donors (Lipinski definition) is 1. The van der Waals surface area contributed by atoms with Crippen molar-refractivity contribution in [1.82, 2.24) is 0 Å². The van der Waals surface area contributed by atoms with Gasteiger partial charge in [0, 0.05) is 12.1 Å². The summed E-state index contributed by atoms with van der Waals surface area (Å²) in [5, 5.41) is 8.87. The predicted molar refractivity (Wildman–Crippen MR) is 48.5 cm³/mol. The molecule has 0 unspecified atom stereocenters. The predicted octanol–water partition coefficient (Wildman–Crippen LogP) is 1.58. The maximum atomic E-state index is 12.9. The minimum atomic E-state index is -1.59. The van der Waals surface area contributed by atoms with E-state index in [1.807, 2.05) is 0 Å². The van der Waals surface area contributed by atoms with E-state index in [-0.39, 0.29) is 18.1 Å². The molecule has 2 rings (SSSR count). The van der Waals surface area contributed by atoms with Crippen molar-refractivity contribution < 1.29 is 28.2 Å². The van der Waals surface area contributed by atoms with Gasteiger partial charge in [0.05, 0.1) is 0 Å². The standard InChI is InChI=1S/C10H8F2O4/c1-10(9(13)14)4-15-7-2-5(11)6(12)3-8(7)16-10/h2-3H,4H2,1H3,(H,13,14)/t10-/m0/s1. The molecule has 1 aliphatic rings. The van der Waals surface area contributed by atoms with Crippen LogP contribution in [0.4, 0.5) is 8.78 Å². The summed E-state index contributed by atoms with van der Waals surface area (Å²) in [5.41, 5.74) is -1.59. The number of hydrogen-bond acceptors (Lipinski definition) is 3. The van der Waals surface area contributed by atoms with Crippen LogP contribution in [0.2, 0.25) is 0 Å². The summed E-state index contributed by atoms with van der Waals surface area (Å²) in [6.07, 6.45) is 0. The fourth-order valence-electron chi connectivity index (χ4n) is 1.30. The Balaban J connectivity index is 2.41. The number of benzene rings is 1. The molecule has 0 amide bonds. The monoisotopic (exact) mass is 230 g/mol.